The quantitative estimate of drug-likeness (QED) is 0.528. The molecule has 3 heterocycles. The van der Waals surface area contributed by atoms with Crippen LogP contribution >= 0.6 is 22.7 Å². The number of nitrogens with one attached hydrogen (secondary N) is 1. The minimum Gasteiger partial charge on any atom is -0.306 e. The van der Waals surface area contributed by atoms with Crippen molar-refractivity contribution < 1.29 is 13.6 Å². The van der Waals surface area contributed by atoms with Gasteiger partial charge in [0.25, 0.3) is 5.91 Å². The SMILES string of the molecule is Cc1cc(NC(=O)c2c(F)cccc2F)n(-c2nc(-c3cccs3)cs2)n1. The van der Waals surface area contributed by atoms with E-state index in [0.29, 0.717) is 10.8 Å². The van der Waals surface area contributed by atoms with Crippen LogP contribution in [0.15, 0.2) is 47.2 Å². The van der Waals surface area contributed by atoms with E-state index in [9.17, 15) is 13.6 Å². The molecule has 5 nitrogen and oxygen atoms in total. The molecule has 1 aromatic carbocycles. The third kappa shape index (κ3) is 3.38. The van der Waals surface area contributed by atoms with E-state index in [1.807, 2.05) is 22.9 Å². The van der Waals surface area contributed by atoms with Gasteiger partial charge in [0, 0.05) is 11.4 Å². The Labute approximate surface area is 160 Å². The summed E-state index contributed by atoms with van der Waals surface area (Å²) in [6, 6.07) is 8.79. The third-order valence-electron chi connectivity index (χ3n) is 3.71. The third-order valence-corrected chi connectivity index (χ3v) is 5.42. The molecule has 0 spiro atoms. The highest BCUT2D eigenvalue weighted by molar-refractivity contribution is 7.15. The monoisotopic (exact) mass is 402 g/mol. The second-order valence-corrected chi connectivity index (χ2v) is 7.41. The Hall–Kier alpha value is -2.91. The molecule has 0 fully saturated rings. The van der Waals surface area contributed by atoms with Crippen LogP contribution < -0.4 is 5.32 Å². The first-order valence-corrected chi connectivity index (χ1v) is 9.60. The maximum absolute atomic E-state index is 13.9. The minimum atomic E-state index is -0.926. The highest BCUT2D eigenvalue weighted by Crippen LogP contribution is 2.29. The van der Waals surface area contributed by atoms with Gasteiger partial charge in [-0.1, -0.05) is 12.1 Å². The fraction of sp³-hybridized carbons (Fsp3) is 0.0556. The standard InChI is InChI=1S/C18H12F2N4OS2/c1-10-8-15(22-17(25)16-11(19)4-2-5-12(16)20)24(23-10)18-21-13(9-27-18)14-6-3-7-26-14/h2-9H,1H3,(H,22,25). The fourth-order valence-corrected chi connectivity index (χ4v) is 4.07. The van der Waals surface area contributed by atoms with Gasteiger partial charge >= 0.3 is 0 Å². The maximum atomic E-state index is 13.9. The summed E-state index contributed by atoms with van der Waals surface area (Å²) in [6.07, 6.45) is 0. The molecule has 0 saturated carbocycles. The van der Waals surface area contributed by atoms with Crippen molar-refractivity contribution in [1.82, 2.24) is 14.8 Å². The van der Waals surface area contributed by atoms with Gasteiger partial charge in [0.05, 0.1) is 16.3 Å². The van der Waals surface area contributed by atoms with Crippen molar-refractivity contribution in [2.75, 3.05) is 5.32 Å². The zero-order valence-corrected chi connectivity index (χ0v) is 15.6. The van der Waals surface area contributed by atoms with Crippen LogP contribution in [0.3, 0.4) is 0 Å². The van der Waals surface area contributed by atoms with Crippen molar-refractivity contribution in [3.63, 3.8) is 0 Å². The van der Waals surface area contributed by atoms with E-state index in [1.165, 1.54) is 22.1 Å². The normalized spacial score (nSPS) is 10.9. The fourth-order valence-electron chi connectivity index (χ4n) is 2.53. The number of hydrogen-bond donors (Lipinski definition) is 1. The second kappa shape index (κ2) is 7.01. The van der Waals surface area contributed by atoms with E-state index in [-0.39, 0.29) is 5.82 Å². The number of benzene rings is 1. The highest BCUT2D eigenvalue weighted by Gasteiger charge is 2.20. The number of nitrogens with zero attached hydrogens (tertiary/aromatic N) is 3. The second-order valence-electron chi connectivity index (χ2n) is 5.63. The lowest BCUT2D eigenvalue weighted by Crippen LogP contribution is -2.18. The van der Waals surface area contributed by atoms with E-state index >= 15 is 0 Å². The Kier molecular flexibility index (Phi) is 4.54. The van der Waals surface area contributed by atoms with Gasteiger partial charge in [-0.05, 0) is 30.5 Å². The summed E-state index contributed by atoms with van der Waals surface area (Å²) in [5.74, 6) is -2.46. The summed E-state index contributed by atoms with van der Waals surface area (Å²) in [6.45, 7) is 1.75. The van der Waals surface area contributed by atoms with Crippen LogP contribution in [-0.2, 0) is 0 Å². The molecule has 0 unspecified atom stereocenters. The molecule has 0 bridgehead atoms. The summed E-state index contributed by atoms with van der Waals surface area (Å²) in [7, 11) is 0. The average Bonchev–Trinajstić information content (AvgIpc) is 3.34. The number of carbonyl (C=O) groups is 1. The van der Waals surface area contributed by atoms with Gasteiger partial charge in [-0.2, -0.15) is 9.78 Å². The van der Waals surface area contributed by atoms with E-state index in [4.69, 9.17) is 0 Å². The predicted octanol–water partition coefficient (Wildman–Crippen LogP) is 4.90. The number of anilines is 1. The zero-order chi connectivity index (χ0) is 19.0. The van der Waals surface area contributed by atoms with Crippen LogP contribution in [-0.4, -0.2) is 20.7 Å². The van der Waals surface area contributed by atoms with Crippen LogP contribution in [0.5, 0.6) is 0 Å². The minimum absolute atomic E-state index is 0.284. The summed E-state index contributed by atoms with van der Waals surface area (Å²) in [5.41, 5.74) is 0.795. The number of carbonyl (C=O) groups excluding carboxylic acids is 1. The van der Waals surface area contributed by atoms with Crippen molar-refractivity contribution in [3.05, 3.63) is 70.1 Å². The number of aryl methyl sites for hydroxylation is 1. The lowest BCUT2D eigenvalue weighted by atomic mass is 10.2. The maximum Gasteiger partial charge on any atom is 0.262 e. The molecule has 27 heavy (non-hydrogen) atoms. The lowest BCUT2D eigenvalue weighted by molar-refractivity contribution is 0.101. The van der Waals surface area contributed by atoms with Crippen molar-refractivity contribution in [2.24, 2.45) is 0 Å². The number of rotatable bonds is 4. The average molecular weight is 402 g/mol. The molecule has 0 radical (unpaired) electrons. The Bertz CT molecular complexity index is 1100. The van der Waals surface area contributed by atoms with Gasteiger partial charge in [0.2, 0.25) is 5.13 Å². The van der Waals surface area contributed by atoms with Crippen molar-refractivity contribution in [3.8, 4) is 15.7 Å². The summed E-state index contributed by atoms with van der Waals surface area (Å²) < 4.78 is 29.2. The molecule has 1 N–H and O–H groups in total. The van der Waals surface area contributed by atoms with Crippen LogP contribution in [0, 0.1) is 18.6 Å². The Morgan fingerprint density at radius 2 is 1.93 bits per heavy atom. The van der Waals surface area contributed by atoms with Crippen molar-refractivity contribution >= 4 is 34.4 Å². The topological polar surface area (TPSA) is 59.8 Å². The van der Waals surface area contributed by atoms with Crippen LogP contribution in [0.2, 0.25) is 0 Å². The van der Waals surface area contributed by atoms with Gasteiger partial charge < -0.3 is 5.32 Å². The molecule has 4 aromatic rings. The molecular weight excluding hydrogens is 390 g/mol. The molecule has 9 heteroatoms. The van der Waals surface area contributed by atoms with E-state index < -0.39 is 23.1 Å². The Morgan fingerprint density at radius 3 is 2.63 bits per heavy atom. The van der Waals surface area contributed by atoms with Gasteiger partial charge in [-0.15, -0.1) is 22.7 Å². The molecule has 0 aliphatic heterocycles. The largest absolute Gasteiger partial charge is 0.306 e. The predicted molar refractivity (Wildman–Crippen MR) is 102 cm³/mol. The van der Waals surface area contributed by atoms with Crippen LogP contribution in [0.25, 0.3) is 15.7 Å². The van der Waals surface area contributed by atoms with Crippen LogP contribution in [0.4, 0.5) is 14.6 Å². The number of amides is 1. The van der Waals surface area contributed by atoms with E-state index in [0.717, 1.165) is 22.7 Å². The molecular formula is C18H12F2N4OS2. The first-order valence-electron chi connectivity index (χ1n) is 7.85. The van der Waals surface area contributed by atoms with Gasteiger partial charge in [-0.3, -0.25) is 4.79 Å². The molecule has 0 aliphatic carbocycles. The first-order chi connectivity index (χ1) is 13.0. The summed E-state index contributed by atoms with van der Waals surface area (Å²) in [5, 5.41) is 11.2. The summed E-state index contributed by atoms with van der Waals surface area (Å²) in [4.78, 5) is 17.9. The van der Waals surface area contributed by atoms with Gasteiger partial charge in [0.15, 0.2) is 0 Å². The molecule has 0 atom stereocenters. The number of halogens is 2. The van der Waals surface area contributed by atoms with Gasteiger partial charge in [0.1, 0.15) is 23.0 Å². The highest BCUT2D eigenvalue weighted by atomic mass is 32.1. The summed E-state index contributed by atoms with van der Waals surface area (Å²) >= 11 is 2.92. The molecule has 136 valence electrons. The molecule has 4 rings (SSSR count). The first kappa shape index (κ1) is 17.5. The van der Waals surface area contributed by atoms with Crippen molar-refractivity contribution in [1.29, 1.82) is 0 Å². The molecule has 3 aromatic heterocycles. The number of hydrogen-bond acceptors (Lipinski definition) is 5. The number of aromatic nitrogens is 3. The van der Waals surface area contributed by atoms with Gasteiger partial charge in [-0.25, -0.2) is 13.8 Å². The zero-order valence-electron chi connectivity index (χ0n) is 13.9. The smallest absolute Gasteiger partial charge is 0.262 e. The molecule has 0 aliphatic rings. The van der Waals surface area contributed by atoms with Crippen molar-refractivity contribution in [2.45, 2.75) is 6.92 Å². The van der Waals surface area contributed by atoms with Crippen LogP contribution in [0.1, 0.15) is 16.1 Å². The van der Waals surface area contributed by atoms with E-state index in [2.05, 4.69) is 15.4 Å². The Morgan fingerprint density at radius 1 is 1.15 bits per heavy atom. The Balaban J connectivity index is 1.67. The molecule has 0 saturated heterocycles. The number of thiazole rings is 1. The van der Waals surface area contributed by atoms with E-state index in [1.54, 1.807) is 24.3 Å². The lowest BCUT2D eigenvalue weighted by Gasteiger charge is -2.08. The molecule has 1 amide bonds. The number of thiophene rings is 1.